The maximum absolute atomic E-state index is 12.6. The number of aryl methyl sites for hydroxylation is 2. The molecule has 0 aliphatic heterocycles. The standard InChI is InChI=1S/C34H38N2O4/c1-2-39-32(37)17-10-20-40-31-22-28-30(21-26(31)19-18-24-11-5-3-6-12-24)36(23-25-13-7-4-8-14-25)29-16-9-15-27(33(28)29)34(35)38/h3-8,11-14,21-22,27H,2,9-10,15-20,23H2,1H3,(H2,35,38). The van der Waals surface area contributed by atoms with Crippen LogP contribution in [-0.4, -0.2) is 29.7 Å². The first-order valence-corrected chi connectivity index (χ1v) is 14.4. The van der Waals surface area contributed by atoms with Gasteiger partial charge in [0.2, 0.25) is 5.91 Å². The molecule has 1 aliphatic carbocycles. The SMILES string of the molecule is CCOC(=O)CCCOc1cc2c3c(n(Cc4ccccc4)c2cc1CCc1ccccc1)CCCC3C(N)=O. The van der Waals surface area contributed by atoms with E-state index in [-0.39, 0.29) is 17.8 Å². The maximum Gasteiger partial charge on any atom is 0.305 e. The molecule has 0 saturated carbocycles. The summed E-state index contributed by atoms with van der Waals surface area (Å²) in [5.41, 5.74) is 12.9. The summed E-state index contributed by atoms with van der Waals surface area (Å²) in [6.45, 7) is 3.34. The second kappa shape index (κ2) is 12.9. The van der Waals surface area contributed by atoms with Gasteiger partial charge in [-0.15, -0.1) is 0 Å². The molecule has 3 aromatic carbocycles. The van der Waals surface area contributed by atoms with Crippen molar-refractivity contribution in [3.8, 4) is 5.75 Å². The molecule has 1 atom stereocenters. The monoisotopic (exact) mass is 538 g/mol. The first-order chi connectivity index (χ1) is 19.5. The molecule has 1 unspecified atom stereocenters. The van der Waals surface area contributed by atoms with Gasteiger partial charge in [-0.25, -0.2) is 0 Å². The van der Waals surface area contributed by atoms with Crippen molar-refractivity contribution in [3.63, 3.8) is 0 Å². The third kappa shape index (κ3) is 6.22. The molecule has 1 aliphatic rings. The number of ether oxygens (including phenoxy) is 2. The first kappa shape index (κ1) is 27.5. The number of esters is 1. The fourth-order valence-electron chi connectivity index (χ4n) is 5.89. The molecule has 0 spiro atoms. The molecular formula is C34H38N2O4. The normalized spacial score (nSPS) is 14.6. The van der Waals surface area contributed by atoms with E-state index < -0.39 is 0 Å². The van der Waals surface area contributed by atoms with Crippen molar-refractivity contribution in [1.82, 2.24) is 4.57 Å². The second-order valence-corrected chi connectivity index (χ2v) is 10.5. The van der Waals surface area contributed by atoms with Gasteiger partial charge in [-0.2, -0.15) is 0 Å². The van der Waals surface area contributed by atoms with E-state index in [1.165, 1.54) is 16.8 Å². The quantitative estimate of drug-likeness (QED) is 0.174. The molecule has 208 valence electrons. The minimum Gasteiger partial charge on any atom is -0.493 e. The lowest BCUT2D eigenvalue weighted by Crippen LogP contribution is -2.25. The van der Waals surface area contributed by atoms with Crippen LogP contribution in [0.4, 0.5) is 0 Å². The molecule has 0 radical (unpaired) electrons. The fraction of sp³-hybridized carbons (Fsp3) is 0.353. The molecule has 6 heteroatoms. The predicted octanol–water partition coefficient (Wildman–Crippen LogP) is 6.10. The van der Waals surface area contributed by atoms with Crippen molar-refractivity contribution in [3.05, 3.63) is 101 Å². The van der Waals surface area contributed by atoms with Crippen molar-refractivity contribution in [2.45, 2.75) is 64.3 Å². The Kier molecular flexibility index (Phi) is 8.84. The fourth-order valence-corrected chi connectivity index (χ4v) is 5.89. The minimum atomic E-state index is -0.310. The number of primary amides is 1. The Hall–Kier alpha value is -4.06. The molecule has 0 bridgehead atoms. The highest BCUT2D eigenvalue weighted by molar-refractivity contribution is 5.94. The molecule has 6 nitrogen and oxygen atoms in total. The van der Waals surface area contributed by atoms with E-state index in [2.05, 4.69) is 65.2 Å². The van der Waals surface area contributed by atoms with E-state index in [1.807, 2.05) is 19.1 Å². The number of aromatic nitrogens is 1. The number of benzene rings is 3. The number of amides is 1. The van der Waals surface area contributed by atoms with Gasteiger partial charge in [0.1, 0.15) is 5.75 Å². The molecule has 5 rings (SSSR count). The zero-order valence-electron chi connectivity index (χ0n) is 23.2. The number of hydrogen-bond donors (Lipinski definition) is 1. The number of nitrogens with two attached hydrogens (primary N) is 1. The van der Waals surface area contributed by atoms with Crippen molar-refractivity contribution in [1.29, 1.82) is 0 Å². The van der Waals surface area contributed by atoms with Gasteiger partial charge in [0.05, 0.1) is 19.1 Å². The summed E-state index contributed by atoms with van der Waals surface area (Å²) in [5.74, 6) is 0.0165. The van der Waals surface area contributed by atoms with Crippen molar-refractivity contribution in [2.24, 2.45) is 5.73 Å². The van der Waals surface area contributed by atoms with Crippen LogP contribution in [0.1, 0.15) is 66.5 Å². The largest absolute Gasteiger partial charge is 0.493 e. The van der Waals surface area contributed by atoms with Gasteiger partial charge < -0.3 is 19.8 Å². The van der Waals surface area contributed by atoms with Crippen molar-refractivity contribution < 1.29 is 19.1 Å². The number of carbonyl (C=O) groups excluding carboxylic acids is 2. The van der Waals surface area contributed by atoms with Gasteiger partial charge in [-0.1, -0.05) is 60.7 Å². The Labute approximate surface area is 236 Å². The predicted molar refractivity (Wildman–Crippen MR) is 158 cm³/mol. The molecule has 0 fully saturated rings. The number of carbonyl (C=O) groups is 2. The molecular weight excluding hydrogens is 500 g/mol. The third-order valence-corrected chi connectivity index (χ3v) is 7.79. The van der Waals surface area contributed by atoms with Gasteiger partial charge >= 0.3 is 5.97 Å². The average molecular weight is 539 g/mol. The Bertz CT molecular complexity index is 1460. The van der Waals surface area contributed by atoms with E-state index in [0.717, 1.165) is 66.4 Å². The third-order valence-electron chi connectivity index (χ3n) is 7.79. The second-order valence-electron chi connectivity index (χ2n) is 10.5. The zero-order valence-corrected chi connectivity index (χ0v) is 23.2. The van der Waals surface area contributed by atoms with E-state index in [9.17, 15) is 9.59 Å². The van der Waals surface area contributed by atoms with E-state index in [1.54, 1.807) is 0 Å². The maximum atomic E-state index is 12.6. The molecule has 0 saturated heterocycles. The molecule has 40 heavy (non-hydrogen) atoms. The highest BCUT2D eigenvalue weighted by atomic mass is 16.5. The Morgan fingerprint density at radius 3 is 2.40 bits per heavy atom. The summed E-state index contributed by atoms with van der Waals surface area (Å²) in [5, 5.41) is 1.04. The van der Waals surface area contributed by atoms with Crippen LogP contribution >= 0.6 is 0 Å². The van der Waals surface area contributed by atoms with Crippen LogP contribution in [0.15, 0.2) is 72.8 Å². The zero-order chi connectivity index (χ0) is 27.9. The van der Waals surface area contributed by atoms with E-state index in [4.69, 9.17) is 15.2 Å². The minimum absolute atomic E-state index is 0.206. The highest BCUT2D eigenvalue weighted by Crippen LogP contribution is 2.42. The summed E-state index contributed by atoms with van der Waals surface area (Å²) >= 11 is 0. The van der Waals surface area contributed by atoms with Crippen molar-refractivity contribution >= 4 is 22.8 Å². The first-order valence-electron chi connectivity index (χ1n) is 14.4. The Morgan fingerprint density at radius 1 is 0.975 bits per heavy atom. The summed E-state index contributed by atoms with van der Waals surface area (Å²) in [6, 6.07) is 25.3. The number of nitrogens with zero attached hydrogens (tertiary/aromatic N) is 1. The van der Waals surface area contributed by atoms with Crippen LogP contribution < -0.4 is 10.5 Å². The van der Waals surface area contributed by atoms with Gasteiger partial charge in [0.25, 0.3) is 0 Å². The van der Waals surface area contributed by atoms with E-state index in [0.29, 0.717) is 26.1 Å². The smallest absolute Gasteiger partial charge is 0.305 e. The molecule has 1 amide bonds. The summed E-state index contributed by atoms with van der Waals surface area (Å²) < 4.78 is 13.8. The van der Waals surface area contributed by atoms with E-state index >= 15 is 0 Å². The lowest BCUT2D eigenvalue weighted by molar-refractivity contribution is -0.143. The van der Waals surface area contributed by atoms with Crippen LogP contribution in [0.5, 0.6) is 5.75 Å². The number of fused-ring (bicyclic) bond motifs is 3. The topological polar surface area (TPSA) is 83.6 Å². The summed E-state index contributed by atoms with van der Waals surface area (Å²) in [6.07, 6.45) is 5.20. The van der Waals surface area contributed by atoms with Gasteiger partial charge in [-0.05, 0) is 79.8 Å². The van der Waals surface area contributed by atoms with Crippen LogP contribution in [-0.2, 0) is 40.1 Å². The summed E-state index contributed by atoms with van der Waals surface area (Å²) in [7, 11) is 0. The Balaban J connectivity index is 1.56. The number of rotatable bonds is 12. The number of hydrogen-bond acceptors (Lipinski definition) is 4. The van der Waals surface area contributed by atoms with Crippen LogP contribution in [0.2, 0.25) is 0 Å². The van der Waals surface area contributed by atoms with Crippen LogP contribution in [0.25, 0.3) is 10.9 Å². The van der Waals surface area contributed by atoms with Gasteiger partial charge in [-0.3, -0.25) is 9.59 Å². The average Bonchev–Trinajstić information content (AvgIpc) is 3.27. The molecule has 4 aromatic rings. The van der Waals surface area contributed by atoms with Crippen LogP contribution in [0.3, 0.4) is 0 Å². The molecule has 2 N–H and O–H groups in total. The van der Waals surface area contributed by atoms with Crippen molar-refractivity contribution in [2.75, 3.05) is 13.2 Å². The molecule has 1 heterocycles. The van der Waals surface area contributed by atoms with Gasteiger partial charge in [0.15, 0.2) is 0 Å². The molecule has 1 aromatic heterocycles. The lowest BCUT2D eigenvalue weighted by atomic mass is 9.84. The van der Waals surface area contributed by atoms with Gasteiger partial charge in [0, 0.05) is 29.6 Å². The highest BCUT2D eigenvalue weighted by Gasteiger charge is 2.31. The summed E-state index contributed by atoms with van der Waals surface area (Å²) in [4.78, 5) is 24.4. The lowest BCUT2D eigenvalue weighted by Gasteiger charge is -2.22. The van der Waals surface area contributed by atoms with Crippen LogP contribution in [0, 0.1) is 0 Å². The Morgan fingerprint density at radius 2 is 1.70 bits per heavy atom.